The highest BCUT2D eigenvalue weighted by Crippen LogP contribution is 2.48. The first-order valence-electron chi connectivity index (χ1n) is 10.2. The van der Waals surface area contributed by atoms with Crippen LogP contribution in [0.4, 0.5) is 4.39 Å². The van der Waals surface area contributed by atoms with E-state index in [1.54, 1.807) is 36.7 Å². The van der Waals surface area contributed by atoms with Crippen molar-refractivity contribution >= 4 is 5.91 Å². The van der Waals surface area contributed by atoms with E-state index >= 15 is 0 Å². The predicted molar refractivity (Wildman–Crippen MR) is 111 cm³/mol. The summed E-state index contributed by atoms with van der Waals surface area (Å²) in [5.74, 6) is -0.459. The number of aromatic nitrogens is 3. The zero-order valence-corrected chi connectivity index (χ0v) is 16.7. The third-order valence-corrected chi connectivity index (χ3v) is 6.04. The van der Waals surface area contributed by atoms with E-state index in [1.165, 1.54) is 22.9 Å². The minimum atomic E-state index is -0.642. The zero-order chi connectivity index (χ0) is 21.4. The summed E-state index contributed by atoms with van der Waals surface area (Å²) < 4.78 is 20.3. The molecule has 2 aromatic heterocycles. The molecule has 1 aliphatic heterocycles. The molecule has 5 rings (SSSR count). The van der Waals surface area contributed by atoms with E-state index in [2.05, 4.69) is 15.4 Å². The predicted octanol–water partition coefficient (Wildman–Crippen LogP) is 2.23. The second-order valence-corrected chi connectivity index (χ2v) is 8.02. The summed E-state index contributed by atoms with van der Waals surface area (Å²) in [5.41, 5.74) is 1.31. The third-order valence-electron chi connectivity index (χ3n) is 6.04. The van der Waals surface area contributed by atoms with Crippen LogP contribution < -0.4 is 10.9 Å². The van der Waals surface area contributed by atoms with Crippen molar-refractivity contribution in [2.75, 3.05) is 13.2 Å². The number of pyridine rings is 1. The van der Waals surface area contributed by atoms with E-state index in [0.29, 0.717) is 25.1 Å². The van der Waals surface area contributed by atoms with E-state index in [4.69, 9.17) is 4.74 Å². The van der Waals surface area contributed by atoms with Crippen LogP contribution >= 0.6 is 0 Å². The monoisotopic (exact) mass is 420 g/mol. The second-order valence-electron chi connectivity index (χ2n) is 8.02. The van der Waals surface area contributed by atoms with Gasteiger partial charge in [0.2, 0.25) is 5.91 Å². The van der Waals surface area contributed by atoms with Crippen LogP contribution in [0.1, 0.15) is 24.4 Å². The number of ether oxygens (including phenoxy) is 1. The SMILES string of the molecule is O=C(NC1COCC1n1nc(-c2cccnc2)ccc1=O)C1(c2ccc(F)cc2)CC1. The van der Waals surface area contributed by atoms with Crippen LogP contribution in [0.15, 0.2) is 65.7 Å². The topological polar surface area (TPSA) is 86.1 Å². The molecule has 1 saturated carbocycles. The van der Waals surface area contributed by atoms with Gasteiger partial charge in [-0.3, -0.25) is 14.6 Å². The molecule has 7 nitrogen and oxygen atoms in total. The van der Waals surface area contributed by atoms with Crippen molar-refractivity contribution in [1.29, 1.82) is 0 Å². The van der Waals surface area contributed by atoms with Crippen molar-refractivity contribution in [3.05, 3.63) is 82.7 Å². The summed E-state index contributed by atoms with van der Waals surface area (Å²) in [4.78, 5) is 29.8. The number of nitrogens with zero attached hydrogens (tertiary/aromatic N) is 3. The first-order chi connectivity index (χ1) is 15.1. The lowest BCUT2D eigenvalue weighted by molar-refractivity contribution is -0.124. The van der Waals surface area contributed by atoms with Crippen molar-refractivity contribution in [3.8, 4) is 11.3 Å². The number of carbonyl (C=O) groups is 1. The highest BCUT2D eigenvalue weighted by atomic mass is 19.1. The Balaban J connectivity index is 1.39. The van der Waals surface area contributed by atoms with Crippen LogP contribution in [0.2, 0.25) is 0 Å². The average molecular weight is 420 g/mol. The molecule has 0 radical (unpaired) electrons. The molecule has 158 valence electrons. The minimum absolute atomic E-state index is 0.129. The molecule has 1 amide bonds. The number of benzene rings is 1. The number of hydrogen-bond donors (Lipinski definition) is 1. The van der Waals surface area contributed by atoms with Crippen LogP contribution in [-0.2, 0) is 14.9 Å². The molecular weight excluding hydrogens is 399 g/mol. The van der Waals surface area contributed by atoms with Gasteiger partial charge in [0.1, 0.15) is 11.9 Å². The van der Waals surface area contributed by atoms with Gasteiger partial charge in [-0.05, 0) is 48.7 Å². The molecule has 0 bridgehead atoms. The van der Waals surface area contributed by atoms with Gasteiger partial charge in [-0.2, -0.15) is 5.10 Å². The molecule has 31 heavy (non-hydrogen) atoms. The molecule has 2 unspecified atom stereocenters. The molecular formula is C23H21FN4O3. The quantitative estimate of drug-likeness (QED) is 0.684. The summed E-state index contributed by atoms with van der Waals surface area (Å²) in [6, 6.07) is 12.1. The molecule has 8 heteroatoms. The molecule has 1 aliphatic carbocycles. The van der Waals surface area contributed by atoms with Crippen molar-refractivity contribution in [2.45, 2.75) is 30.3 Å². The first-order valence-corrected chi connectivity index (χ1v) is 10.2. The van der Waals surface area contributed by atoms with Gasteiger partial charge in [-0.1, -0.05) is 12.1 Å². The summed E-state index contributed by atoms with van der Waals surface area (Å²) in [7, 11) is 0. The summed E-state index contributed by atoms with van der Waals surface area (Å²) >= 11 is 0. The Labute approximate surface area is 177 Å². The molecule has 0 spiro atoms. The Morgan fingerprint density at radius 1 is 1.13 bits per heavy atom. The van der Waals surface area contributed by atoms with Crippen molar-refractivity contribution < 1.29 is 13.9 Å². The highest BCUT2D eigenvalue weighted by Gasteiger charge is 2.52. The summed E-state index contributed by atoms with van der Waals surface area (Å²) in [6.45, 7) is 0.568. The number of nitrogens with one attached hydrogen (secondary N) is 1. The molecule has 3 aromatic rings. The van der Waals surface area contributed by atoms with Gasteiger partial charge >= 0.3 is 0 Å². The van der Waals surface area contributed by atoms with Gasteiger partial charge in [0.15, 0.2) is 0 Å². The second kappa shape index (κ2) is 7.70. The smallest absolute Gasteiger partial charge is 0.267 e. The fourth-order valence-electron chi connectivity index (χ4n) is 4.10. The maximum Gasteiger partial charge on any atom is 0.267 e. The van der Waals surface area contributed by atoms with E-state index in [-0.39, 0.29) is 29.9 Å². The lowest BCUT2D eigenvalue weighted by Crippen LogP contribution is -2.47. The van der Waals surface area contributed by atoms with Crippen molar-refractivity contribution in [2.24, 2.45) is 0 Å². The Hall–Kier alpha value is -3.39. The van der Waals surface area contributed by atoms with E-state index in [1.807, 2.05) is 6.07 Å². The van der Waals surface area contributed by atoms with Gasteiger partial charge in [-0.15, -0.1) is 0 Å². The number of hydrogen-bond acceptors (Lipinski definition) is 5. The summed E-state index contributed by atoms with van der Waals surface area (Å²) in [6.07, 6.45) is 4.76. The fraction of sp³-hybridized carbons (Fsp3) is 0.304. The van der Waals surface area contributed by atoms with E-state index in [9.17, 15) is 14.0 Å². The van der Waals surface area contributed by atoms with Crippen molar-refractivity contribution in [3.63, 3.8) is 0 Å². The molecule has 2 atom stereocenters. The number of halogens is 1. The minimum Gasteiger partial charge on any atom is -0.377 e. The number of amides is 1. The van der Waals surface area contributed by atoms with Crippen LogP contribution in [0.5, 0.6) is 0 Å². The Morgan fingerprint density at radius 2 is 1.94 bits per heavy atom. The Kier molecular flexibility index (Phi) is 4.86. The van der Waals surface area contributed by atoms with E-state index < -0.39 is 11.5 Å². The maximum atomic E-state index is 13.3. The Bertz CT molecular complexity index is 1160. The molecule has 2 aliphatic rings. The van der Waals surface area contributed by atoms with Gasteiger partial charge < -0.3 is 10.1 Å². The molecule has 1 N–H and O–H groups in total. The number of rotatable bonds is 5. The standard InChI is InChI=1S/C23H21FN4O3/c24-17-5-3-16(4-6-17)23(9-10-23)22(30)26-19-13-31-14-20(19)28-21(29)8-7-18(27-28)15-2-1-11-25-12-15/h1-8,11-12,19-20H,9-10,13-14H2,(H,26,30). The molecule has 1 saturated heterocycles. The van der Waals surface area contributed by atoms with E-state index in [0.717, 1.165) is 11.1 Å². The lowest BCUT2D eigenvalue weighted by Gasteiger charge is -2.24. The van der Waals surface area contributed by atoms with Gasteiger partial charge in [0, 0.05) is 24.0 Å². The first kappa shape index (κ1) is 19.6. The van der Waals surface area contributed by atoms with Gasteiger partial charge in [0.05, 0.1) is 30.4 Å². The van der Waals surface area contributed by atoms with Crippen LogP contribution in [0.25, 0.3) is 11.3 Å². The fourth-order valence-corrected chi connectivity index (χ4v) is 4.10. The Morgan fingerprint density at radius 3 is 2.65 bits per heavy atom. The third kappa shape index (κ3) is 3.63. The lowest BCUT2D eigenvalue weighted by atomic mass is 9.94. The molecule has 1 aromatic carbocycles. The summed E-state index contributed by atoms with van der Waals surface area (Å²) in [5, 5.41) is 7.58. The van der Waals surface area contributed by atoms with Gasteiger partial charge in [0.25, 0.3) is 5.56 Å². The zero-order valence-electron chi connectivity index (χ0n) is 16.7. The normalized spacial score (nSPS) is 21.6. The highest BCUT2D eigenvalue weighted by molar-refractivity contribution is 5.91. The number of carbonyl (C=O) groups excluding carboxylic acids is 1. The average Bonchev–Trinajstić information content (AvgIpc) is 3.49. The molecule has 3 heterocycles. The van der Waals surface area contributed by atoms with Crippen LogP contribution in [-0.4, -0.2) is 39.9 Å². The maximum absolute atomic E-state index is 13.3. The van der Waals surface area contributed by atoms with Crippen LogP contribution in [0, 0.1) is 5.82 Å². The van der Waals surface area contributed by atoms with Crippen LogP contribution in [0.3, 0.4) is 0 Å². The van der Waals surface area contributed by atoms with Crippen molar-refractivity contribution in [1.82, 2.24) is 20.1 Å². The largest absolute Gasteiger partial charge is 0.377 e. The molecule has 2 fully saturated rings. The van der Waals surface area contributed by atoms with Gasteiger partial charge in [-0.25, -0.2) is 9.07 Å².